The van der Waals surface area contributed by atoms with Gasteiger partial charge >= 0.3 is 0 Å². The van der Waals surface area contributed by atoms with Crippen LogP contribution in [0.25, 0.3) is 10.9 Å². The first-order chi connectivity index (χ1) is 17.6. The summed E-state index contributed by atoms with van der Waals surface area (Å²) in [5, 5.41) is 3.01. The summed E-state index contributed by atoms with van der Waals surface area (Å²) < 4.78 is 5.61. The van der Waals surface area contributed by atoms with Crippen LogP contribution in [0, 0.1) is 0 Å². The lowest BCUT2D eigenvalue weighted by Gasteiger charge is -2.30. The molecule has 1 aliphatic heterocycles. The highest BCUT2D eigenvalue weighted by molar-refractivity contribution is 7.09. The first-order valence-electron chi connectivity index (χ1n) is 11.9. The van der Waals surface area contributed by atoms with Crippen molar-refractivity contribution in [3.63, 3.8) is 0 Å². The molecule has 1 aliphatic rings. The molecule has 0 bridgehead atoms. The number of carbonyl (C=O) groups excluding carboxylic acids is 1. The minimum atomic E-state index is -0.387. The zero-order valence-corrected chi connectivity index (χ0v) is 20.4. The van der Waals surface area contributed by atoms with Crippen LogP contribution in [0.5, 0.6) is 0 Å². The number of nitrogens with one attached hydrogen (secondary N) is 1. The van der Waals surface area contributed by atoms with Crippen LogP contribution in [0.4, 0.5) is 0 Å². The lowest BCUT2D eigenvalue weighted by molar-refractivity contribution is -0.138. The fraction of sp³-hybridized carbons (Fsp3) is 0.172. The molecule has 1 amide bonds. The summed E-state index contributed by atoms with van der Waals surface area (Å²) in [7, 11) is 0. The minimum absolute atomic E-state index is 0.0647. The van der Waals surface area contributed by atoms with Gasteiger partial charge in [0.25, 0.3) is 0 Å². The summed E-state index contributed by atoms with van der Waals surface area (Å²) in [6.07, 6.45) is 1.65. The SMILES string of the molecule is O=C(C1c2ccccc2CN1Cc1ccc2[nH]c(=O)ccc2c1)N(Cc1ccco1)Cc1cccs1. The number of rotatable bonds is 7. The van der Waals surface area contributed by atoms with Crippen molar-refractivity contribution in [2.75, 3.05) is 0 Å². The van der Waals surface area contributed by atoms with E-state index in [-0.39, 0.29) is 17.5 Å². The van der Waals surface area contributed by atoms with Gasteiger partial charge in [-0.15, -0.1) is 11.3 Å². The number of aromatic nitrogens is 1. The van der Waals surface area contributed by atoms with E-state index >= 15 is 0 Å². The van der Waals surface area contributed by atoms with Gasteiger partial charge in [-0.25, -0.2) is 0 Å². The van der Waals surface area contributed by atoms with Crippen LogP contribution in [-0.4, -0.2) is 20.7 Å². The van der Waals surface area contributed by atoms with Crippen LogP contribution in [0.15, 0.2) is 99.7 Å². The van der Waals surface area contributed by atoms with Gasteiger partial charge in [0.1, 0.15) is 11.8 Å². The third-order valence-electron chi connectivity index (χ3n) is 6.66. The monoisotopic (exact) mass is 495 g/mol. The van der Waals surface area contributed by atoms with Crippen LogP contribution in [0.3, 0.4) is 0 Å². The Morgan fingerprint density at radius 2 is 1.94 bits per heavy atom. The van der Waals surface area contributed by atoms with Crippen LogP contribution in [-0.2, 0) is 31.0 Å². The molecule has 4 heterocycles. The standard InChI is InChI=1S/C29H25N3O3S/c33-27-12-10-21-15-20(9-11-26(21)30-27)16-31-17-22-5-1-2-8-25(22)28(31)29(34)32(18-23-6-3-13-35-23)19-24-7-4-14-36-24/h1-15,28H,16-19H2,(H,30,33). The number of hydrogen-bond acceptors (Lipinski definition) is 5. The number of amides is 1. The molecule has 3 aromatic heterocycles. The predicted molar refractivity (Wildman–Crippen MR) is 140 cm³/mol. The van der Waals surface area contributed by atoms with Gasteiger partial charge in [-0.3, -0.25) is 14.5 Å². The number of H-pyrrole nitrogens is 1. The Balaban J connectivity index is 1.33. The molecule has 0 saturated carbocycles. The van der Waals surface area contributed by atoms with E-state index < -0.39 is 0 Å². The van der Waals surface area contributed by atoms with Crippen molar-refractivity contribution < 1.29 is 9.21 Å². The number of aromatic amines is 1. The predicted octanol–water partition coefficient (Wildman–Crippen LogP) is 5.47. The molecule has 0 saturated heterocycles. The molecule has 0 fully saturated rings. The highest BCUT2D eigenvalue weighted by Crippen LogP contribution is 2.37. The molecular weight excluding hydrogens is 470 g/mol. The van der Waals surface area contributed by atoms with E-state index in [0.717, 1.165) is 32.7 Å². The molecule has 7 heteroatoms. The number of furan rings is 1. The van der Waals surface area contributed by atoms with Crippen LogP contribution in [0.1, 0.15) is 33.4 Å². The molecule has 1 atom stereocenters. The fourth-order valence-corrected chi connectivity index (χ4v) is 5.71. The number of carbonyl (C=O) groups is 1. The molecule has 0 aliphatic carbocycles. The largest absolute Gasteiger partial charge is 0.467 e. The topological polar surface area (TPSA) is 69.6 Å². The molecule has 36 heavy (non-hydrogen) atoms. The number of benzene rings is 2. The second-order valence-corrected chi connectivity index (χ2v) is 10.1. The smallest absolute Gasteiger partial charge is 0.248 e. The van der Waals surface area contributed by atoms with Gasteiger partial charge in [0, 0.05) is 29.5 Å². The average Bonchev–Trinajstić information content (AvgIpc) is 3.65. The highest BCUT2D eigenvalue weighted by Gasteiger charge is 2.38. The molecule has 180 valence electrons. The summed E-state index contributed by atoms with van der Waals surface area (Å²) in [5.41, 5.74) is 4.02. The maximum atomic E-state index is 14.2. The van der Waals surface area contributed by atoms with Gasteiger partial charge in [-0.1, -0.05) is 36.4 Å². The molecule has 5 aromatic rings. The van der Waals surface area contributed by atoms with Crippen molar-refractivity contribution in [1.29, 1.82) is 0 Å². The molecule has 6 nitrogen and oxygen atoms in total. The summed E-state index contributed by atoms with van der Waals surface area (Å²) in [6.45, 7) is 2.27. The first-order valence-corrected chi connectivity index (χ1v) is 12.8. The van der Waals surface area contributed by atoms with Crippen LogP contribution in [0.2, 0.25) is 0 Å². The molecule has 6 rings (SSSR count). The van der Waals surface area contributed by atoms with E-state index in [1.807, 2.05) is 58.8 Å². The van der Waals surface area contributed by atoms with Crippen LogP contribution < -0.4 is 5.56 Å². The number of pyridine rings is 1. The van der Waals surface area contributed by atoms with Gasteiger partial charge in [0.05, 0.1) is 19.4 Å². The van der Waals surface area contributed by atoms with E-state index in [1.54, 1.807) is 23.7 Å². The maximum absolute atomic E-state index is 14.2. The molecule has 2 aromatic carbocycles. The molecule has 1 unspecified atom stereocenters. The van der Waals surface area contributed by atoms with Crippen molar-refractivity contribution in [3.8, 4) is 0 Å². The third kappa shape index (κ3) is 4.51. The van der Waals surface area contributed by atoms with Gasteiger partial charge in [0.15, 0.2) is 0 Å². The number of hydrogen-bond donors (Lipinski definition) is 1. The lowest BCUT2D eigenvalue weighted by Crippen LogP contribution is -2.39. The Labute approximate surface area is 212 Å². The summed E-state index contributed by atoms with van der Waals surface area (Å²) in [5.74, 6) is 0.830. The van der Waals surface area contributed by atoms with Gasteiger partial charge < -0.3 is 14.3 Å². The van der Waals surface area contributed by atoms with Crippen LogP contribution >= 0.6 is 11.3 Å². The summed E-state index contributed by atoms with van der Waals surface area (Å²) in [6, 6.07) is 25.1. The minimum Gasteiger partial charge on any atom is -0.467 e. The van der Waals surface area contributed by atoms with Crippen molar-refractivity contribution >= 4 is 28.1 Å². The summed E-state index contributed by atoms with van der Waals surface area (Å²) >= 11 is 1.65. The van der Waals surface area contributed by atoms with E-state index in [1.165, 1.54) is 5.56 Å². The number of thiophene rings is 1. The Hall–Kier alpha value is -3.94. The van der Waals surface area contributed by atoms with E-state index in [9.17, 15) is 9.59 Å². The molecule has 1 N–H and O–H groups in total. The van der Waals surface area contributed by atoms with Crippen molar-refractivity contribution in [3.05, 3.63) is 128 Å². The molecule has 0 spiro atoms. The lowest BCUT2D eigenvalue weighted by atomic mass is 10.0. The Kier molecular flexibility index (Phi) is 6.01. The molecule has 0 radical (unpaired) electrons. The van der Waals surface area contributed by atoms with Gasteiger partial charge in [-0.2, -0.15) is 0 Å². The number of nitrogens with zero attached hydrogens (tertiary/aromatic N) is 2. The van der Waals surface area contributed by atoms with Crippen molar-refractivity contribution in [1.82, 2.24) is 14.8 Å². The van der Waals surface area contributed by atoms with Crippen molar-refractivity contribution in [2.45, 2.75) is 32.2 Å². The zero-order chi connectivity index (χ0) is 24.5. The second-order valence-electron chi connectivity index (χ2n) is 9.10. The normalized spacial score (nSPS) is 15.3. The first kappa shape index (κ1) is 22.5. The Morgan fingerprint density at radius 3 is 2.78 bits per heavy atom. The van der Waals surface area contributed by atoms with E-state index in [0.29, 0.717) is 26.2 Å². The molecular formula is C29H25N3O3S. The fourth-order valence-electron chi connectivity index (χ4n) is 4.99. The van der Waals surface area contributed by atoms with E-state index in [2.05, 4.69) is 34.1 Å². The maximum Gasteiger partial charge on any atom is 0.248 e. The van der Waals surface area contributed by atoms with Gasteiger partial charge in [-0.05, 0) is 63.9 Å². The number of fused-ring (bicyclic) bond motifs is 2. The second kappa shape index (κ2) is 9.60. The summed E-state index contributed by atoms with van der Waals surface area (Å²) in [4.78, 5) is 34.0. The Morgan fingerprint density at radius 1 is 1.03 bits per heavy atom. The third-order valence-corrected chi connectivity index (χ3v) is 7.52. The highest BCUT2D eigenvalue weighted by atomic mass is 32.1. The zero-order valence-electron chi connectivity index (χ0n) is 19.6. The van der Waals surface area contributed by atoms with E-state index in [4.69, 9.17) is 4.42 Å². The quantitative estimate of drug-likeness (QED) is 0.325. The van der Waals surface area contributed by atoms with Crippen molar-refractivity contribution in [2.24, 2.45) is 0 Å². The van der Waals surface area contributed by atoms with Gasteiger partial charge in [0.2, 0.25) is 11.5 Å². The average molecular weight is 496 g/mol. The Bertz CT molecular complexity index is 1520.